The minimum atomic E-state index is -3.35. The topological polar surface area (TPSA) is 66.4 Å². The van der Waals surface area contributed by atoms with Crippen molar-refractivity contribution >= 4 is 27.3 Å². The lowest BCUT2D eigenvalue weighted by molar-refractivity contribution is 0.475. The van der Waals surface area contributed by atoms with Crippen LogP contribution in [0.2, 0.25) is 0 Å². The zero-order valence-electron chi connectivity index (χ0n) is 8.90. The summed E-state index contributed by atoms with van der Waals surface area (Å²) in [6.07, 6.45) is 0.411. The van der Waals surface area contributed by atoms with Gasteiger partial charge >= 0.3 is 0 Å². The van der Waals surface area contributed by atoms with Crippen molar-refractivity contribution in [1.29, 1.82) is 0 Å². The van der Waals surface area contributed by atoms with Gasteiger partial charge in [0.25, 0.3) is 0 Å². The number of hydrogen-bond acceptors (Lipinski definition) is 3. The molecule has 1 aromatic rings. The van der Waals surface area contributed by atoms with Gasteiger partial charge in [0.1, 0.15) is 5.75 Å². The molecule has 0 aliphatic carbocycles. The molecule has 0 fully saturated rings. The first-order valence-corrected chi connectivity index (χ1v) is 6.99. The first kappa shape index (κ1) is 13.1. The summed E-state index contributed by atoms with van der Waals surface area (Å²) in [6.45, 7) is 1.72. The van der Waals surface area contributed by atoms with Crippen molar-refractivity contribution in [2.24, 2.45) is 0 Å². The van der Waals surface area contributed by atoms with Crippen LogP contribution in [-0.4, -0.2) is 25.2 Å². The number of anilines is 1. The Morgan fingerprint density at radius 2 is 2.12 bits per heavy atom. The molecule has 0 amide bonds. The van der Waals surface area contributed by atoms with Crippen LogP contribution in [0.4, 0.5) is 5.69 Å². The summed E-state index contributed by atoms with van der Waals surface area (Å²) < 4.78 is 25.6. The Morgan fingerprint density at radius 3 is 2.69 bits per heavy atom. The van der Waals surface area contributed by atoms with Crippen LogP contribution in [-0.2, 0) is 10.0 Å². The quantitative estimate of drug-likeness (QED) is 0.631. The fourth-order valence-electron chi connectivity index (χ4n) is 1.23. The molecule has 16 heavy (non-hydrogen) atoms. The first-order valence-electron chi connectivity index (χ1n) is 4.81. The van der Waals surface area contributed by atoms with Gasteiger partial charge < -0.3 is 5.11 Å². The second-order valence-corrected chi connectivity index (χ2v) is 5.68. The van der Waals surface area contributed by atoms with E-state index in [9.17, 15) is 13.5 Å². The second-order valence-electron chi connectivity index (χ2n) is 3.46. The maximum atomic E-state index is 11.6. The molecule has 2 N–H and O–H groups in total. The maximum absolute atomic E-state index is 11.6. The Labute approximate surface area is 100 Å². The molecule has 0 spiro atoms. The third-order valence-electron chi connectivity index (χ3n) is 2.02. The van der Waals surface area contributed by atoms with E-state index in [0.29, 0.717) is 23.6 Å². The summed E-state index contributed by atoms with van der Waals surface area (Å²) in [5, 5.41) is 9.18. The normalized spacial score (nSPS) is 11.4. The van der Waals surface area contributed by atoms with Crippen LogP contribution in [0.5, 0.6) is 5.75 Å². The Bertz CT molecular complexity index is 459. The number of phenols is 1. The third-order valence-corrected chi connectivity index (χ3v) is 3.65. The molecular weight excluding hydrogens is 250 g/mol. The zero-order valence-corrected chi connectivity index (χ0v) is 10.5. The monoisotopic (exact) mass is 263 g/mol. The number of rotatable bonds is 5. The molecule has 6 heteroatoms. The summed E-state index contributed by atoms with van der Waals surface area (Å²) in [4.78, 5) is 0. The van der Waals surface area contributed by atoms with Gasteiger partial charge in [0.15, 0.2) is 0 Å². The summed E-state index contributed by atoms with van der Waals surface area (Å²) >= 11 is 5.44. The summed E-state index contributed by atoms with van der Waals surface area (Å²) in [6, 6.07) is 4.47. The predicted octanol–water partition coefficient (Wildman–Crippen LogP) is 2.07. The van der Waals surface area contributed by atoms with Gasteiger partial charge in [-0.2, -0.15) is 0 Å². The van der Waals surface area contributed by atoms with Gasteiger partial charge in [-0.15, -0.1) is 11.6 Å². The number of aromatic hydroxyl groups is 1. The largest absolute Gasteiger partial charge is 0.508 e. The van der Waals surface area contributed by atoms with Crippen molar-refractivity contribution in [3.05, 3.63) is 23.8 Å². The van der Waals surface area contributed by atoms with E-state index in [1.807, 2.05) is 0 Å². The molecule has 4 nitrogen and oxygen atoms in total. The highest BCUT2D eigenvalue weighted by Gasteiger charge is 2.11. The van der Waals surface area contributed by atoms with Crippen LogP contribution in [0.1, 0.15) is 12.0 Å². The number of sulfonamides is 1. The van der Waals surface area contributed by atoms with Crippen LogP contribution < -0.4 is 4.72 Å². The number of benzene rings is 1. The first-order chi connectivity index (χ1) is 7.44. The van der Waals surface area contributed by atoms with Crippen molar-refractivity contribution in [3.8, 4) is 5.75 Å². The molecule has 0 aliphatic heterocycles. The average molecular weight is 264 g/mol. The van der Waals surface area contributed by atoms with Gasteiger partial charge in [0.05, 0.1) is 11.4 Å². The predicted molar refractivity (Wildman–Crippen MR) is 65.6 cm³/mol. The molecule has 0 radical (unpaired) electrons. The van der Waals surface area contributed by atoms with E-state index in [1.54, 1.807) is 6.92 Å². The molecule has 0 aliphatic rings. The molecule has 0 saturated carbocycles. The Morgan fingerprint density at radius 1 is 1.44 bits per heavy atom. The van der Waals surface area contributed by atoms with Gasteiger partial charge in [0.2, 0.25) is 10.0 Å². The highest BCUT2D eigenvalue weighted by Crippen LogP contribution is 2.21. The van der Waals surface area contributed by atoms with E-state index in [-0.39, 0.29) is 11.5 Å². The Kier molecular flexibility index (Phi) is 4.44. The van der Waals surface area contributed by atoms with Gasteiger partial charge in [-0.1, -0.05) is 0 Å². The van der Waals surface area contributed by atoms with Crippen molar-refractivity contribution in [2.75, 3.05) is 16.4 Å². The number of aryl methyl sites for hydroxylation is 1. The summed E-state index contributed by atoms with van der Waals surface area (Å²) in [5.74, 6) is 0.424. The number of phenolic OH excluding ortho intramolecular Hbond substituents is 1. The van der Waals surface area contributed by atoms with E-state index >= 15 is 0 Å². The zero-order chi connectivity index (χ0) is 12.2. The minimum Gasteiger partial charge on any atom is -0.508 e. The van der Waals surface area contributed by atoms with Crippen LogP contribution in [0, 0.1) is 6.92 Å². The summed E-state index contributed by atoms with van der Waals surface area (Å²) in [5.41, 5.74) is 1.15. The van der Waals surface area contributed by atoms with Crippen molar-refractivity contribution in [1.82, 2.24) is 0 Å². The Hall–Kier alpha value is -0.940. The molecule has 0 heterocycles. The number of halogens is 1. The SMILES string of the molecule is Cc1cc(O)ccc1NS(=O)(=O)CCCCl. The third kappa shape index (κ3) is 3.90. The van der Waals surface area contributed by atoms with Gasteiger partial charge in [0, 0.05) is 5.88 Å². The highest BCUT2D eigenvalue weighted by molar-refractivity contribution is 7.92. The van der Waals surface area contributed by atoms with Crippen LogP contribution >= 0.6 is 11.6 Å². The highest BCUT2D eigenvalue weighted by atomic mass is 35.5. The van der Waals surface area contributed by atoms with Crippen LogP contribution in [0.3, 0.4) is 0 Å². The lowest BCUT2D eigenvalue weighted by Crippen LogP contribution is -2.17. The van der Waals surface area contributed by atoms with Gasteiger partial charge in [-0.25, -0.2) is 8.42 Å². The van der Waals surface area contributed by atoms with Gasteiger partial charge in [-0.3, -0.25) is 4.72 Å². The fraction of sp³-hybridized carbons (Fsp3) is 0.400. The number of hydrogen-bond donors (Lipinski definition) is 2. The molecule has 1 rings (SSSR count). The van der Waals surface area contributed by atoms with Gasteiger partial charge in [-0.05, 0) is 37.1 Å². The van der Waals surface area contributed by atoms with Crippen molar-refractivity contribution in [3.63, 3.8) is 0 Å². The lowest BCUT2D eigenvalue weighted by atomic mass is 10.2. The van der Waals surface area contributed by atoms with Crippen LogP contribution in [0.15, 0.2) is 18.2 Å². The van der Waals surface area contributed by atoms with Crippen LogP contribution in [0.25, 0.3) is 0 Å². The maximum Gasteiger partial charge on any atom is 0.232 e. The van der Waals surface area contributed by atoms with E-state index in [4.69, 9.17) is 11.6 Å². The average Bonchev–Trinajstić information content (AvgIpc) is 2.19. The number of nitrogens with one attached hydrogen (secondary N) is 1. The molecule has 90 valence electrons. The summed E-state index contributed by atoms with van der Waals surface area (Å²) in [7, 11) is -3.35. The molecule has 0 atom stereocenters. The molecular formula is C10H14ClNO3S. The number of alkyl halides is 1. The van der Waals surface area contributed by atoms with E-state index < -0.39 is 10.0 Å². The van der Waals surface area contributed by atoms with E-state index in [1.165, 1.54) is 18.2 Å². The van der Waals surface area contributed by atoms with E-state index in [2.05, 4.69) is 4.72 Å². The molecule has 0 bridgehead atoms. The van der Waals surface area contributed by atoms with Crippen molar-refractivity contribution in [2.45, 2.75) is 13.3 Å². The second kappa shape index (κ2) is 5.41. The standard InChI is InChI=1S/C10H14ClNO3S/c1-8-7-9(13)3-4-10(8)12-16(14,15)6-2-5-11/h3-4,7,12-13H,2,5-6H2,1H3. The van der Waals surface area contributed by atoms with Crippen molar-refractivity contribution < 1.29 is 13.5 Å². The smallest absolute Gasteiger partial charge is 0.232 e. The minimum absolute atomic E-state index is 0.00316. The molecule has 0 saturated heterocycles. The Balaban J connectivity index is 2.80. The molecule has 0 unspecified atom stereocenters. The van der Waals surface area contributed by atoms with E-state index in [0.717, 1.165) is 0 Å². The molecule has 0 aromatic heterocycles. The fourth-order valence-corrected chi connectivity index (χ4v) is 2.71. The lowest BCUT2D eigenvalue weighted by Gasteiger charge is -2.10. The molecule has 1 aromatic carbocycles.